The first-order valence-electron chi connectivity index (χ1n) is 7.65. The van der Waals surface area contributed by atoms with Gasteiger partial charge in [-0.15, -0.1) is 0 Å². The predicted octanol–water partition coefficient (Wildman–Crippen LogP) is 2.00. The van der Waals surface area contributed by atoms with Crippen LogP contribution >= 0.6 is 0 Å². The van der Waals surface area contributed by atoms with E-state index in [0.717, 1.165) is 30.2 Å². The zero-order chi connectivity index (χ0) is 15.6. The Balaban J connectivity index is 1.98. The smallest absolute Gasteiger partial charge is 0.243 e. The SMILES string of the molecule is C[C@@H]1CNCCCCN1S(=O)(=O)c1ccc2cnccc2c1. The van der Waals surface area contributed by atoms with Crippen LogP contribution in [0.25, 0.3) is 10.8 Å². The molecule has 1 atom stereocenters. The van der Waals surface area contributed by atoms with Crippen LogP contribution in [0.1, 0.15) is 19.8 Å². The van der Waals surface area contributed by atoms with Crippen molar-refractivity contribution < 1.29 is 8.42 Å². The van der Waals surface area contributed by atoms with Gasteiger partial charge in [0.25, 0.3) is 0 Å². The average molecular weight is 319 g/mol. The van der Waals surface area contributed by atoms with Crippen LogP contribution in [0.15, 0.2) is 41.6 Å². The second-order valence-corrected chi connectivity index (χ2v) is 7.65. The number of aromatic nitrogens is 1. The first-order chi connectivity index (χ1) is 10.6. The number of fused-ring (bicyclic) bond motifs is 1. The highest BCUT2D eigenvalue weighted by molar-refractivity contribution is 7.89. The molecule has 1 aromatic heterocycles. The number of sulfonamides is 1. The third kappa shape index (κ3) is 2.99. The summed E-state index contributed by atoms with van der Waals surface area (Å²) < 4.78 is 27.6. The maximum absolute atomic E-state index is 13.0. The van der Waals surface area contributed by atoms with E-state index in [1.807, 2.05) is 19.1 Å². The van der Waals surface area contributed by atoms with Gasteiger partial charge < -0.3 is 5.32 Å². The van der Waals surface area contributed by atoms with Gasteiger partial charge in [-0.3, -0.25) is 4.98 Å². The molecule has 3 rings (SSSR count). The van der Waals surface area contributed by atoms with E-state index in [9.17, 15) is 8.42 Å². The number of rotatable bonds is 2. The largest absolute Gasteiger partial charge is 0.315 e. The van der Waals surface area contributed by atoms with E-state index in [1.165, 1.54) is 0 Å². The monoisotopic (exact) mass is 319 g/mol. The third-order valence-corrected chi connectivity index (χ3v) is 6.14. The lowest BCUT2D eigenvalue weighted by molar-refractivity contribution is 0.301. The van der Waals surface area contributed by atoms with Crippen molar-refractivity contribution in [2.24, 2.45) is 0 Å². The molecular formula is C16H21N3O2S. The van der Waals surface area contributed by atoms with Crippen LogP contribution in [0.3, 0.4) is 0 Å². The van der Waals surface area contributed by atoms with Gasteiger partial charge in [-0.25, -0.2) is 8.42 Å². The van der Waals surface area contributed by atoms with Crippen molar-refractivity contribution in [1.82, 2.24) is 14.6 Å². The fourth-order valence-corrected chi connectivity index (χ4v) is 4.57. The molecule has 118 valence electrons. The quantitative estimate of drug-likeness (QED) is 0.919. The van der Waals surface area contributed by atoms with Crippen molar-refractivity contribution in [3.63, 3.8) is 0 Å². The molecule has 2 aromatic rings. The van der Waals surface area contributed by atoms with E-state index in [1.54, 1.807) is 28.8 Å². The summed E-state index contributed by atoms with van der Waals surface area (Å²) in [6.45, 7) is 4.19. The molecule has 0 aliphatic carbocycles. The summed E-state index contributed by atoms with van der Waals surface area (Å²) in [4.78, 5) is 4.42. The van der Waals surface area contributed by atoms with E-state index in [2.05, 4.69) is 10.3 Å². The van der Waals surface area contributed by atoms with Crippen LogP contribution in [0, 0.1) is 0 Å². The van der Waals surface area contributed by atoms with Gasteiger partial charge >= 0.3 is 0 Å². The number of nitrogens with one attached hydrogen (secondary N) is 1. The number of benzene rings is 1. The minimum Gasteiger partial charge on any atom is -0.315 e. The highest BCUT2D eigenvalue weighted by Gasteiger charge is 2.29. The molecule has 0 radical (unpaired) electrons. The molecule has 1 aliphatic heterocycles. The van der Waals surface area contributed by atoms with Crippen molar-refractivity contribution in [2.45, 2.75) is 30.7 Å². The molecule has 1 aliphatic rings. The maximum Gasteiger partial charge on any atom is 0.243 e. The van der Waals surface area contributed by atoms with Crippen molar-refractivity contribution in [3.05, 3.63) is 36.7 Å². The molecule has 1 aromatic carbocycles. The van der Waals surface area contributed by atoms with Gasteiger partial charge in [0.1, 0.15) is 0 Å². The van der Waals surface area contributed by atoms with Gasteiger partial charge in [-0.2, -0.15) is 4.31 Å². The van der Waals surface area contributed by atoms with E-state index >= 15 is 0 Å². The highest BCUT2D eigenvalue weighted by Crippen LogP contribution is 2.23. The third-order valence-electron chi connectivity index (χ3n) is 4.13. The van der Waals surface area contributed by atoms with Crippen LogP contribution < -0.4 is 5.32 Å². The van der Waals surface area contributed by atoms with Crippen molar-refractivity contribution in [3.8, 4) is 0 Å². The Morgan fingerprint density at radius 2 is 2.09 bits per heavy atom. The van der Waals surface area contributed by atoms with Crippen LogP contribution in [-0.4, -0.2) is 43.4 Å². The highest BCUT2D eigenvalue weighted by atomic mass is 32.2. The van der Waals surface area contributed by atoms with Crippen molar-refractivity contribution in [2.75, 3.05) is 19.6 Å². The molecule has 0 spiro atoms. The Kier molecular flexibility index (Phi) is 4.42. The Morgan fingerprint density at radius 1 is 1.23 bits per heavy atom. The molecule has 6 heteroatoms. The van der Waals surface area contributed by atoms with Gasteiger partial charge in [0, 0.05) is 36.9 Å². The molecule has 0 saturated carbocycles. The second-order valence-electron chi connectivity index (χ2n) is 5.76. The number of pyridine rings is 1. The molecule has 0 amide bonds. The minimum absolute atomic E-state index is 0.0431. The molecule has 5 nitrogen and oxygen atoms in total. The summed E-state index contributed by atoms with van der Waals surface area (Å²) >= 11 is 0. The molecule has 2 heterocycles. The lowest BCUT2D eigenvalue weighted by Crippen LogP contribution is -2.46. The van der Waals surface area contributed by atoms with Crippen LogP contribution in [0.4, 0.5) is 0 Å². The summed E-state index contributed by atoms with van der Waals surface area (Å²) in [5.41, 5.74) is 0. The topological polar surface area (TPSA) is 62.3 Å². The summed E-state index contributed by atoms with van der Waals surface area (Å²) in [6.07, 6.45) is 5.31. The van der Waals surface area contributed by atoms with Crippen LogP contribution in [0.5, 0.6) is 0 Å². The van der Waals surface area contributed by atoms with Crippen molar-refractivity contribution in [1.29, 1.82) is 0 Å². The maximum atomic E-state index is 13.0. The Hall–Kier alpha value is -1.50. The summed E-state index contributed by atoms with van der Waals surface area (Å²) in [5.74, 6) is 0. The Morgan fingerprint density at radius 3 is 2.95 bits per heavy atom. The summed E-state index contributed by atoms with van der Waals surface area (Å²) in [5, 5.41) is 5.15. The first-order valence-corrected chi connectivity index (χ1v) is 9.09. The Bertz CT molecular complexity index is 761. The number of nitrogens with zero attached hydrogens (tertiary/aromatic N) is 2. The fourth-order valence-electron chi connectivity index (χ4n) is 2.87. The van der Waals surface area contributed by atoms with Crippen LogP contribution in [0.2, 0.25) is 0 Å². The van der Waals surface area contributed by atoms with Gasteiger partial charge in [-0.05, 0) is 49.9 Å². The van der Waals surface area contributed by atoms with E-state index in [-0.39, 0.29) is 6.04 Å². The normalized spacial score (nSPS) is 21.4. The zero-order valence-electron chi connectivity index (χ0n) is 12.7. The minimum atomic E-state index is -3.47. The second kappa shape index (κ2) is 6.32. The number of hydrogen-bond acceptors (Lipinski definition) is 4. The standard InChI is InChI=1S/C16H21N3O2S/c1-13-11-17-7-2-3-9-19(13)22(20,21)16-5-4-15-12-18-8-6-14(15)10-16/h4-6,8,10,12-13,17H,2-3,7,9,11H2,1H3/t13-/m1/s1. The van der Waals surface area contributed by atoms with E-state index < -0.39 is 10.0 Å². The zero-order valence-corrected chi connectivity index (χ0v) is 13.5. The van der Waals surface area contributed by atoms with Crippen molar-refractivity contribution >= 4 is 20.8 Å². The fraction of sp³-hybridized carbons (Fsp3) is 0.438. The molecule has 0 bridgehead atoms. The Labute approximate surface area is 131 Å². The van der Waals surface area contributed by atoms with Crippen LogP contribution in [-0.2, 0) is 10.0 Å². The lowest BCUT2D eigenvalue weighted by Gasteiger charge is -2.30. The van der Waals surface area contributed by atoms with Gasteiger partial charge in [0.2, 0.25) is 10.0 Å². The molecule has 22 heavy (non-hydrogen) atoms. The first kappa shape index (κ1) is 15.4. The van der Waals surface area contributed by atoms with E-state index in [4.69, 9.17) is 0 Å². The molecule has 1 N–H and O–H groups in total. The summed E-state index contributed by atoms with van der Waals surface area (Å²) in [6, 6.07) is 7.04. The molecule has 0 unspecified atom stereocenters. The van der Waals surface area contributed by atoms with Gasteiger partial charge in [-0.1, -0.05) is 6.07 Å². The lowest BCUT2D eigenvalue weighted by atomic mass is 10.2. The predicted molar refractivity (Wildman–Crippen MR) is 87.2 cm³/mol. The van der Waals surface area contributed by atoms with Gasteiger partial charge in [0.05, 0.1) is 4.90 Å². The summed E-state index contributed by atoms with van der Waals surface area (Å²) in [7, 11) is -3.47. The molecular weight excluding hydrogens is 298 g/mol. The average Bonchev–Trinajstić information content (AvgIpc) is 2.50. The van der Waals surface area contributed by atoms with Gasteiger partial charge in [0.15, 0.2) is 0 Å². The molecule has 1 fully saturated rings. The number of hydrogen-bond donors (Lipinski definition) is 1. The van der Waals surface area contributed by atoms with E-state index in [0.29, 0.717) is 18.0 Å². The molecule has 1 saturated heterocycles.